The van der Waals surface area contributed by atoms with Crippen LogP contribution in [0.1, 0.15) is 43.5 Å². The van der Waals surface area contributed by atoms with Crippen molar-refractivity contribution >= 4 is 17.9 Å². The van der Waals surface area contributed by atoms with E-state index in [4.69, 9.17) is 4.74 Å². The first-order chi connectivity index (χ1) is 8.71. The van der Waals surface area contributed by atoms with Gasteiger partial charge in [-0.1, -0.05) is 13.3 Å². The summed E-state index contributed by atoms with van der Waals surface area (Å²) >= 11 is 0. The van der Waals surface area contributed by atoms with Crippen LogP contribution in [-0.4, -0.2) is 18.8 Å². The van der Waals surface area contributed by atoms with Crippen LogP contribution in [0.2, 0.25) is 0 Å². The summed E-state index contributed by atoms with van der Waals surface area (Å²) in [5.74, 6) is 0.536. The van der Waals surface area contributed by atoms with Crippen LogP contribution in [0.15, 0.2) is 18.2 Å². The molecule has 1 amide bonds. The molecule has 4 heteroatoms. The highest BCUT2D eigenvalue weighted by Crippen LogP contribution is 2.25. The molecule has 4 nitrogen and oxygen atoms in total. The molecule has 1 aromatic rings. The molecule has 0 aliphatic heterocycles. The summed E-state index contributed by atoms with van der Waals surface area (Å²) in [4.78, 5) is 22.4. The Morgan fingerprint density at radius 1 is 1.39 bits per heavy atom. The first-order valence-corrected chi connectivity index (χ1v) is 6.23. The van der Waals surface area contributed by atoms with Crippen molar-refractivity contribution in [1.29, 1.82) is 0 Å². The molecule has 18 heavy (non-hydrogen) atoms. The fraction of sp³-hybridized carbons (Fsp3) is 0.429. The van der Waals surface area contributed by atoms with Crippen molar-refractivity contribution in [3.8, 4) is 5.75 Å². The number of hydrogen-bond acceptors (Lipinski definition) is 3. The van der Waals surface area contributed by atoms with Crippen molar-refractivity contribution in [3.05, 3.63) is 23.8 Å². The summed E-state index contributed by atoms with van der Waals surface area (Å²) in [6.45, 7) is 4.42. The van der Waals surface area contributed by atoms with E-state index in [1.807, 2.05) is 13.8 Å². The predicted molar refractivity (Wildman–Crippen MR) is 71.2 cm³/mol. The number of carbonyl (C=O) groups excluding carboxylic acids is 2. The molecule has 0 spiro atoms. The molecule has 0 aliphatic rings. The second-order valence-corrected chi connectivity index (χ2v) is 3.96. The van der Waals surface area contributed by atoms with E-state index in [1.54, 1.807) is 18.2 Å². The van der Waals surface area contributed by atoms with Gasteiger partial charge < -0.3 is 10.1 Å². The lowest BCUT2D eigenvalue weighted by atomic mass is 10.2. The van der Waals surface area contributed by atoms with Crippen molar-refractivity contribution in [2.75, 3.05) is 11.9 Å². The van der Waals surface area contributed by atoms with E-state index >= 15 is 0 Å². The SMILES string of the molecule is CCCCC(=O)Nc1cc(C=O)ccc1OCC. The molecule has 0 heterocycles. The van der Waals surface area contributed by atoms with Crippen molar-refractivity contribution in [3.63, 3.8) is 0 Å². The predicted octanol–water partition coefficient (Wildman–Crippen LogP) is 3.03. The minimum absolute atomic E-state index is 0.0548. The van der Waals surface area contributed by atoms with Crippen LogP contribution in [0.25, 0.3) is 0 Å². The Hall–Kier alpha value is -1.84. The van der Waals surface area contributed by atoms with Crippen LogP contribution in [-0.2, 0) is 4.79 Å². The first-order valence-electron chi connectivity index (χ1n) is 6.23. The number of aldehydes is 1. The van der Waals surface area contributed by atoms with E-state index in [2.05, 4.69) is 5.32 Å². The van der Waals surface area contributed by atoms with Crippen molar-refractivity contribution in [1.82, 2.24) is 0 Å². The third-order valence-corrected chi connectivity index (χ3v) is 2.47. The van der Waals surface area contributed by atoms with E-state index < -0.39 is 0 Å². The lowest BCUT2D eigenvalue weighted by molar-refractivity contribution is -0.116. The number of carbonyl (C=O) groups is 2. The number of unbranched alkanes of at least 4 members (excludes halogenated alkanes) is 1. The van der Waals surface area contributed by atoms with Crippen LogP contribution in [0, 0.1) is 0 Å². The maximum Gasteiger partial charge on any atom is 0.224 e. The third-order valence-electron chi connectivity index (χ3n) is 2.47. The van der Waals surface area contributed by atoms with Gasteiger partial charge in [-0.2, -0.15) is 0 Å². The number of rotatable bonds is 7. The Morgan fingerprint density at radius 2 is 2.17 bits per heavy atom. The summed E-state index contributed by atoms with van der Waals surface area (Å²) < 4.78 is 5.41. The molecule has 0 bridgehead atoms. The minimum atomic E-state index is -0.0548. The fourth-order valence-corrected chi connectivity index (χ4v) is 1.55. The highest BCUT2D eigenvalue weighted by molar-refractivity contribution is 5.93. The van der Waals surface area contributed by atoms with Crippen LogP contribution in [0.5, 0.6) is 5.75 Å². The summed E-state index contributed by atoms with van der Waals surface area (Å²) in [6, 6.07) is 4.99. The second-order valence-electron chi connectivity index (χ2n) is 3.96. The van der Waals surface area contributed by atoms with E-state index in [0.29, 0.717) is 30.0 Å². The van der Waals surface area contributed by atoms with Crippen molar-refractivity contribution < 1.29 is 14.3 Å². The zero-order valence-electron chi connectivity index (χ0n) is 10.9. The number of anilines is 1. The Labute approximate surface area is 107 Å². The summed E-state index contributed by atoms with van der Waals surface area (Å²) in [5, 5.41) is 2.78. The Bertz CT molecular complexity index is 416. The largest absolute Gasteiger partial charge is 0.492 e. The summed E-state index contributed by atoms with van der Waals surface area (Å²) in [7, 11) is 0. The fourth-order valence-electron chi connectivity index (χ4n) is 1.55. The van der Waals surface area contributed by atoms with Gasteiger partial charge in [-0.25, -0.2) is 0 Å². The smallest absolute Gasteiger partial charge is 0.224 e. The van der Waals surface area contributed by atoms with E-state index in [1.165, 1.54) is 0 Å². The molecule has 0 radical (unpaired) electrons. The van der Waals surface area contributed by atoms with Crippen molar-refractivity contribution in [2.24, 2.45) is 0 Å². The molecule has 0 saturated heterocycles. The van der Waals surface area contributed by atoms with E-state index in [0.717, 1.165) is 19.1 Å². The molecular formula is C14H19NO3. The monoisotopic (exact) mass is 249 g/mol. The minimum Gasteiger partial charge on any atom is -0.492 e. The number of hydrogen-bond donors (Lipinski definition) is 1. The molecule has 1 rings (SSSR count). The molecule has 0 fully saturated rings. The second kappa shape index (κ2) is 7.48. The van der Waals surface area contributed by atoms with Gasteiger partial charge in [0, 0.05) is 12.0 Å². The average molecular weight is 249 g/mol. The molecule has 0 atom stereocenters. The van der Waals surface area contributed by atoms with Gasteiger partial charge in [-0.05, 0) is 31.5 Å². The molecular weight excluding hydrogens is 230 g/mol. The number of amides is 1. The highest BCUT2D eigenvalue weighted by Gasteiger charge is 2.08. The van der Waals surface area contributed by atoms with Crippen LogP contribution in [0.3, 0.4) is 0 Å². The topological polar surface area (TPSA) is 55.4 Å². The Morgan fingerprint density at radius 3 is 2.78 bits per heavy atom. The Balaban J connectivity index is 2.82. The van der Waals surface area contributed by atoms with Gasteiger partial charge in [-0.15, -0.1) is 0 Å². The van der Waals surface area contributed by atoms with Gasteiger partial charge in [0.1, 0.15) is 12.0 Å². The molecule has 1 aromatic carbocycles. The number of benzene rings is 1. The lowest BCUT2D eigenvalue weighted by Crippen LogP contribution is -2.12. The third kappa shape index (κ3) is 4.20. The van der Waals surface area contributed by atoms with E-state index in [9.17, 15) is 9.59 Å². The van der Waals surface area contributed by atoms with Crippen LogP contribution < -0.4 is 10.1 Å². The molecule has 1 N–H and O–H groups in total. The Kier molecular flexibility index (Phi) is 5.91. The van der Waals surface area contributed by atoms with Gasteiger partial charge in [0.15, 0.2) is 0 Å². The molecule has 0 aliphatic carbocycles. The van der Waals surface area contributed by atoms with Gasteiger partial charge in [0.05, 0.1) is 12.3 Å². The highest BCUT2D eigenvalue weighted by atomic mass is 16.5. The maximum atomic E-state index is 11.7. The number of nitrogens with one attached hydrogen (secondary N) is 1. The zero-order chi connectivity index (χ0) is 13.4. The average Bonchev–Trinajstić information content (AvgIpc) is 2.38. The molecule has 0 aromatic heterocycles. The molecule has 0 saturated carbocycles. The lowest BCUT2D eigenvalue weighted by Gasteiger charge is -2.11. The van der Waals surface area contributed by atoms with Crippen LogP contribution in [0.4, 0.5) is 5.69 Å². The van der Waals surface area contributed by atoms with Crippen molar-refractivity contribution in [2.45, 2.75) is 33.1 Å². The molecule has 98 valence electrons. The van der Waals surface area contributed by atoms with E-state index in [-0.39, 0.29) is 5.91 Å². The van der Waals surface area contributed by atoms with Gasteiger partial charge in [0.2, 0.25) is 5.91 Å². The van der Waals surface area contributed by atoms with Gasteiger partial charge >= 0.3 is 0 Å². The van der Waals surface area contributed by atoms with Gasteiger partial charge in [0.25, 0.3) is 0 Å². The standard InChI is InChI=1S/C14H19NO3/c1-3-5-6-14(17)15-12-9-11(10-16)7-8-13(12)18-4-2/h7-10H,3-6H2,1-2H3,(H,15,17). The summed E-state index contributed by atoms with van der Waals surface area (Å²) in [6.07, 6.45) is 3.05. The summed E-state index contributed by atoms with van der Waals surface area (Å²) in [5.41, 5.74) is 1.08. The normalized spacial score (nSPS) is 9.89. The first kappa shape index (κ1) is 14.2. The van der Waals surface area contributed by atoms with Crippen LogP contribution >= 0.6 is 0 Å². The zero-order valence-corrected chi connectivity index (χ0v) is 10.9. The number of ether oxygens (including phenoxy) is 1. The quantitative estimate of drug-likeness (QED) is 0.756. The van der Waals surface area contributed by atoms with Gasteiger partial charge in [-0.3, -0.25) is 9.59 Å². The maximum absolute atomic E-state index is 11.7. The molecule has 0 unspecified atom stereocenters.